The van der Waals surface area contributed by atoms with E-state index in [0.29, 0.717) is 11.5 Å². The monoisotopic (exact) mass is 269 g/mol. The first-order chi connectivity index (χ1) is 7.08. The van der Waals surface area contributed by atoms with Crippen molar-refractivity contribution in [3.8, 4) is 0 Å². The molecule has 1 N–H and O–H groups in total. The number of hydrogen-bond donors (Lipinski definition) is 1. The molecule has 1 atom stereocenters. The van der Waals surface area contributed by atoms with Crippen molar-refractivity contribution in [1.29, 1.82) is 0 Å². The molecule has 78 valence electrons. The fraction of sp³-hybridized carbons (Fsp3) is 0.222. The molecule has 0 saturated carbocycles. The van der Waals surface area contributed by atoms with Crippen LogP contribution in [0.3, 0.4) is 0 Å². The van der Waals surface area contributed by atoms with Gasteiger partial charge in [0.15, 0.2) is 11.5 Å². The van der Waals surface area contributed by atoms with Crippen molar-refractivity contribution in [1.82, 2.24) is 14.6 Å². The van der Waals surface area contributed by atoms with Gasteiger partial charge in [-0.25, -0.2) is 9.50 Å². The van der Waals surface area contributed by atoms with Crippen molar-refractivity contribution in [3.63, 3.8) is 0 Å². The van der Waals surface area contributed by atoms with Gasteiger partial charge in [-0.3, -0.25) is 4.79 Å². The summed E-state index contributed by atoms with van der Waals surface area (Å²) in [6.45, 7) is 1.56. The van der Waals surface area contributed by atoms with Gasteiger partial charge in [0, 0.05) is 10.7 Å². The summed E-state index contributed by atoms with van der Waals surface area (Å²) < 4.78 is 2.42. The molecule has 5 nitrogen and oxygen atoms in total. The Hall–Kier alpha value is -1.43. The van der Waals surface area contributed by atoms with E-state index < -0.39 is 11.9 Å². The van der Waals surface area contributed by atoms with Crippen molar-refractivity contribution in [2.75, 3.05) is 0 Å². The number of halogens is 1. The molecular formula is C9H8BrN3O2. The third-order valence-electron chi connectivity index (χ3n) is 2.07. The summed E-state index contributed by atoms with van der Waals surface area (Å²) in [5, 5.41) is 12.9. The van der Waals surface area contributed by atoms with Crippen molar-refractivity contribution >= 4 is 27.5 Å². The second-order valence-electron chi connectivity index (χ2n) is 3.18. The first-order valence-corrected chi connectivity index (χ1v) is 5.12. The molecule has 0 aliphatic heterocycles. The van der Waals surface area contributed by atoms with Gasteiger partial charge in [0.1, 0.15) is 5.92 Å². The Labute approximate surface area is 93.9 Å². The molecule has 0 aliphatic rings. The van der Waals surface area contributed by atoms with E-state index in [9.17, 15) is 4.79 Å². The highest BCUT2D eigenvalue weighted by atomic mass is 79.9. The van der Waals surface area contributed by atoms with Crippen LogP contribution in [0, 0.1) is 0 Å². The van der Waals surface area contributed by atoms with E-state index in [1.165, 1.54) is 0 Å². The quantitative estimate of drug-likeness (QED) is 0.901. The number of pyridine rings is 1. The second kappa shape index (κ2) is 3.62. The summed E-state index contributed by atoms with van der Waals surface area (Å²) in [7, 11) is 0. The summed E-state index contributed by atoms with van der Waals surface area (Å²) in [4.78, 5) is 14.9. The normalized spacial score (nSPS) is 12.9. The lowest BCUT2D eigenvalue weighted by Gasteiger charge is -1.97. The predicted molar refractivity (Wildman–Crippen MR) is 56.7 cm³/mol. The molecule has 2 aromatic rings. The Morgan fingerprint density at radius 1 is 1.60 bits per heavy atom. The van der Waals surface area contributed by atoms with E-state index in [2.05, 4.69) is 26.0 Å². The van der Waals surface area contributed by atoms with Crippen molar-refractivity contribution in [2.24, 2.45) is 0 Å². The van der Waals surface area contributed by atoms with Crippen molar-refractivity contribution < 1.29 is 9.90 Å². The van der Waals surface area contributed by atoms with E-state index in [4.69, 9.17) is 5.11 Å². The van der Waals surface area contributed by atoms with Crippen LogP contribution in [-0.4, -0.2) is 25.7 Å². The Morgan fingerprint density at radius 3 is 3.00 bits per heavy atom. The molecule has 0 aromatic carbocycles. The first-order valence-electron chi connectivity index (χ1n) is 4.32. The number of aliphatic carboxylic acids is 1. The Bertz CT molecular complexity index is 523. The van der Waals surface area contributed by atoms with Gasteiger partial charge in [-0.1, -0.05) is 0 Å². The van der Waals surface area contributed by atoms with Crippen LogP contribution in [0.2, 0.25) is 0 Å². The zero-order valence-corrected chi connectivity index (χ0v) is 9.47. The predicted octanol–water partition coefficient (Wildman–Crippen LogP) is 1.68. The molecule has 0 fully saturated rings. The maximum Gasteiger partial charge on any atom is 0.314 e. The average molecular weight is 270 g/mol. The number of rotatable bonds is 2. The topological polar surface area (TPSA) is 67.5 Å². The molecule has 2 rings (SSSR count). The van der Waals surface area contributed by atoms with E-state index in [1.54, 1.807) is 23.7 Å². The summed E-state index contributed by atoms with van der Waals surface area (Å²) in [5.74, 6) is -1.30. The average Bonchev–Trinajstić information content (AvgIpc) is 2.58. The van der Waals surface area contributed by atoms with Gasteiger partial charge < -0.3 is 5.11 Å². The molecule has 0 aliphatic carbocycles. The number of aromatic nitrogens is 3. The van der Waals surface area contributed by atoms with Crippen LogP contribution in [0.4, 0.5) is 0 Å². The number of carbonyl (C=O) groups is 1. The fourth-order valence-corrected chi connectivity index (χ4v) is 1.50. The summed E-state index contributed by atoms with van der Waals surface area (Å²) >= 11 is 3.30. The van der Waals surface area contributed by atoms with Gasteiger partial charge in [-0.2, -0.15) is 5.10 Å². The Kier molecular flexibility index (Phi) is 2.44. The minimum Gasteiger partial charge on any atom is -0.481 e. The fourth-order valence-electron chi connectivity index (χ4n) is 1.17. The number of fused-ring (bicyclic) bond motifs is 1. The number of carboxylic acid groups (broad SMARTS) is 1. The standard InChI is InChI=1S/C9H8BrN3O2/c1-5(9(14)15)8-11-7-3-2-6(10)4-13(7)12-8/h2-5H,1H3,(H,14,15). The van der Waals surface area contributed by atoms with Crippen molar-refractivity contribution in [2.45, 2.75) is 12.8 Å². The van der Waals surface area contributed by atoms with Crippen LogP contribution in [0.5, 0.6) is 0 Å². The molecule has 0 saturated heterocycles. The third-order valence-corrected chi connectivity index (χ3v) is 2.54. The largest absolute Gasteiger partial charge is 0.481 e. The molecule has 15 heavy (non-hydrogen) atoms. The maximum absolute atomic E-state index is 10.7. The Morgan fingerprint density at radius 2 is 2.33 bits per heavy atom. The minimum absolute atomic E-state index is 0.320. The summed E-state index contributed by atoms with van der Waals surface area (Å²) in [6.07, 6.45) is 1.74. The SMILES string of the molecule is CC(C(=O)O)c1nc2ccc(Br)cn2n1. The molecular weight excluding hydrogens is 262 g/mol. The number of carboxylic acids is 1. The zero-order valence-electron chi connectivity index (χ0n) is 7.88. The lowest BCUT2D eigenvalue weighted by Crippen LogP contribution is -2.09. The molecule has 2 aromatic heterocycles. The van der Waals surface area contributed by atoms with Crippen LogP contribution in [0.25, 0.3) is 5.65 Å². The molecule has 0 bridgehead atoms. The lowest BCUT2D eigenvalue weighted by atomic mass is 10.2. The van der Waals surface area contributed by atoms with Gasteiger partial charge >= 0.3 is 5.97 Å². The zero-order chi connectivity index (χ0) is 11.0. The molecule has 0 spiro atoms. The minimum atomic E-state index is -0.926. The van der Waals surface area contributed by atoms with Crippen LogP contribution >= 0.6 is 15.9 Å². The van der Waals surface area contributed by atoms with Crippen LogP contribution in [-0.2, 0) is 4.79 Å². The highest BCUT2D eigenvalue weighted by Crippen LogP contribution is 2.15. The third kappa shape index (κ3) is 1.85. The maximum atomic E-state index is 10.7. The molecule has 2 heterocycles. The van der Waals surface area contributed by atoms with Gasteiger partial charge in [0.25, 0.3) is 0 Å². The molecule has 1 unspecified atom stereocenters. The molecule has 6 heteroatoms. The van der Waals surface area contributed by atoms with Crippen LogP contribution < -0.4 is 0 Å². The van der Waals surface area contributed by atoms with Gasteiger partial charge in [-0.15, -0.1) is 0 Å². The van der Waals surface area contributed by atoms with Gasteiger partial charge in [0.05, 0.1) is 0 Å². The van der Waals surface area contributed by atoms with Gasteiger partial charge in [-0.05, 0) is 35.0 Å². The van der Waals surface area contributed by atoms with E-state index in [1.807, 2.05) is 6.07 Å². The van der Waals surface area contributed by atoms with E-state index in [-0.39, 0.29) is 0 Å². The summed E-state index contributed by atoms with van der Waals surface area (Å²) in [5.41, 5.74) is 0.640. The van der Waals surface area contributed by atoms with Crippen LogP contribution in [0.1, 0.15) is 18.7 Å². The highest BCUT2D eigenvalue weighted by Gasteiger charge is 2.18. The van der Waals surface area contributed by atoms with Gasteiger partial charge in [0.2, 0.25) is 0 Å². The number of nitrogens with zero attached hydrogens (tertiary/aromatic N) is 3. The number of hydrogen-bond acceptors (Lipinski definition) is 3. The summed E-state index contributed by atoms with van der Waals surface area (Å²) in [6, 6.07) is 3.61. The van der Waals surface area contributed by atoms with Crippen molar-refractivity contribution in [3.05, 3.63) is 28.6 Å². The Balaban J connectivity index is 2.51. The van der Waals surface area contributed by atoms with E-state index >= 15 is 0 Å². The smallest absolute Gasteiger partial charge is 0.314 e. The van der Waals surface area contributed by atoms with Crippen LogP contribution in [0.15, 0.2) is 22.8 Å². The lowest BCUT2D eigenvalue weighted by molar-refractivity contribution is -0.138. The second-order valence-corrected chi connectivity index (χ2v) is 4.10. The van der Waals surface area contributed by atoms with E-state index in [0.717, 1.165) is 4.47 Å². The first kappa shape index (κ1) is 10.1. The molecule has 0 radical (unpaired) electrons. The highest BCUT2D eigenvalue weighted by molar-refractivity contribution is 9.10. The molecule has 0 amide bonds.